The van der Waals surface area contributed by atoms with E-state index in [9.17, 15) is 9.59 Å². The van der Waals surface area contributed by atoms with Crippen LogP contribution in [0.15, 0.2) is 0 Å². The molecule has 0 aliphatic carbocycles. The van der Waals surface area contributed by atoms with E-state index >= 15 is 0 Å². The second-order valence-electron chi connectivity index (χ2n) is 4.59. The van der Waals surface area contributed by atoms with Gasteiger partial charge in [0, 0.05) is 12.0 Å². The first-order chi connectivity index (χ1) is 9.72. The number of carboxylic acids is 1. The molecule has 0 bridgehead atoms. The monoisotopic (exact) mass is 264 g/mol. The minimum absolute atomic E-state index is 0.582. The van der Waals surface area contributed by atoms with E-state index in [1.54, 1.807) is 20.8 Å². The Hall–Kier alpha value is -1.30. The van der Waals surface area contributed by atoms with Gasteiger partial charge in [0.2, 0.25) is 0 Å². The van der Waals surface area contributed by atoms with Gasteiger partial charge in [-0.15, -0.1) is 0 Å². The second-order valence-corrected chi connectivity index (χ2v) is 4.59. The molecular formula is C12H24N2O4. The maximum Gasteiger partial charge on any atom is 0.407 e. The van der Waals surface area contributed by atoms with Gasteiger partial charge in [-0.25, -0.2) is 4.79 Å². The van der Waals surface area contributed by atoms with Crippen LogP contribution in [0, 0.1) is 0 Å². The van der Waals surface area contributed by atoms with Gasteiger partial charge in [0.1, 0.15) is 11.6 Å². The molecular weight excluding hydrogens is 236 g/mol. The summed E-state index contributed by atoms with van der Waals surface area (Å²) in [4.78, 5) is 22.4. The predicted octanol–water partition coefficient (Wildman–Crippen LogP) is 1.35. The first-order valence-corrected chi connectivity index (χ1v) is 5.59. The number of carbonyl (C=O) groups excluding carboxylic acids is 1. The van der Waals surface area contributed by atoms with Crippen molar-refractivity contribution < 1.29 is 24.9 Å². The summed E-state index contributed by atoms with van der Waals surface area (Å²) in [5, 5.41) is 13.5. The highest BCUT2D eigenvalue weighted by Gasteiger charge is 2.16. The van der Waals surface area contributed by atoms with E-state index in [4.69, 9.17) is 15.3 Å². The van der Waals surface area contributed by atoms with E-state index < -0.39 is 49.4 Å². The number of hydrogen-bond acceptors (Lipinski definition) is 4. The van der Waals surface area contributed by atoms with Crippen molar-refractivity contribution in [2.24, 2.45) is 0 Å². The van der Waals surface area contributed by atoms with Crippen LogP contribution in [0.4, 0.5) is 4.79 Å². The highest BCUT2D eigenvalue weighted by atomic mass is 16.6. The molecule has 18 heavy (non-hydrogen) atoms. The lowest BCUT2D eigenvalue weighted by Crippen LogP contribution is -2.34. The lowest BCUT2D eigenvalue weighted by molar-refractivity contribution is -0.139. The van der Waals surface area contributed by atoms with E-state index in [-0.39, 0.29) is 0 Å². The molecule has 3 N–H and O–H groups in total. The summed E-state index contributed by atoms with van der Waals surface area (Å²) in [6.07, 6.45) is -6.37. The quantitative estimate of drug-likeness (QED) is 0.646. The van der Waals surface area contributed by atoms with Crippen molar-refractivity contribution in [3.63, 3.8) is 0 Å². The van der Waals surface area contributed by atoms with E-state index in [2.05, 4.69) is 10.6 Å². The fourth-order valence-corrected chi connectivity index (χ4v) is 0.980. The zero-order chi connectivity index (χ0) is 17.8. The number of ether oxygens (including phenoxy) is 1. The molecule has 1 atom stereocenters. The molecule has 1 amide bonds. The third-order valence-corrected chi connectivity index (χ3v) is 1.80. The summed E-state index contributed by atoms with van der Waals surface area (Å²) in [6.45, 7) is 4.30. The Labute approximate surface area is 114 Å². The zero-order valence-corrected chi connectivity index (χ0v) is 11.2. The van der Waals surface area contributed by atoms with Gasteiger partial charge in [0.15, 0.2) is 0 Å². The summed E-state index contributed by atoms with van der Waals surface area (Å²) < 4.78 is 36.0. The number of hydrogen-bond donors (Lipinski definition) is 3. The standard InChI is InChI=1S/C12H24N2O4/c1-12(2,3)18-11(17)14-8-6-5-7-9(13-4)10(15)16/h9,13H,5-8H2,1-4H3,(H,14,17)(H,15,16)/t9-/m0/s1/i5D2,6D2. The van der Waals surface area contributed by atoms with Crippen molar-refractivity contribution in [3.8, 4) is 0 Å². The van der Waals surface area contributed by atoms with Crippen LogP contribution in [0.5, 0.6) is 0 Å². The van der Waals surface area contributed by atoms with Crippen molar-refractivity contribution in [1.82, 2.24) is 10.6 Å². The number of carboxylic acid groups (broad SMARTS) is 1. The van der Waals surface area contributed by atoms with E-state index in [1.807, 2.05) is 0 Å². The lowest BCUT2D eigenvalue weighted by Gasteiger charge is -2.19. The van der Waals surface area contributed by atoms with Crippen LogP contribution >= 0.6 is 0 Å². The second kappa shape index (κ2) is 7.92. The van der Waals surface area contributed by atoms with Crippen molar-refractivity contribution >= 4 is 12.1 Å². The van der Waals surface area contributed by atoms with Gasteiger partial charge in [-0.3, -0.25) is 4.79 Å². The van der Waals surface area contributed by atoms with Crippen LogP contribution in [0.1, 0.15) is 45.4 Å². The van der Waals surface area contributed by atoms with Crippen LogP contribution in [0.3, 0.4) is 0 Å². The van der Waals surface area contributed by atoms with Crippen molar-refractivity contribution in [1.29, 1.82) is 0 Å². The summed E-state index contributed by atoms with van der Waals surface area (Å²) in [6, 6.07) is -1.23. The molecule has 0 aromatic rings. The number of likely N-dealkylation sites (N-methyl/N-ethyl adjacent to an activating group) is 1. The highest BCUT2D eigenvalue weighted by molar-refractivity contribution is 5.73. The molecule has 0 saturated heterocycles. The Kier molecular flexibility index (Phi) is 4.67. The van der Waals surface area contributed by atoms with Gasteiger partial charge >= 0.3 is 12.1 Å². The van der Waals surface area contributed by atoms with Crippen molar-refractivity contribution in [2.45, 2.75) is 51.6 Å². The number of nitrogens with one attached hydrogen (secondary N) is 2. The summed E-state index contributed by atoms with van der Waals surface area (Å²) in [5.41, 5.74) is -0.754. The SMILES string of the molecule is [2H]C([2H])(CNC(=O)OC(C)(C)C)C([2H])([2H])C[C@H](NC)C(=O)O. The normalized spacial score (nSPS) is 17.8. The highest BCUT2D eigenvalue weighted by Crippen LogP contribution is 2.06. The maximum absolute atomic E-state index is 11.5. The Bertz CT molecular complexity index is 410. The molecule has 0 radical (unpaired) electrons. The molecule has 0 fully saturated rings. The fraction of sp³-hybridized carbons (Fsp3) is 0.833. The number of carbonyl (C=O) groups is 2. The largest absolute Gasteiger partial charge is 0.480 e. The van der Waals surface area contributed by atoms with Gasteiger partial charge in [0.25, 0.3) is 0 Å². The van der Waals surface area contributed by atoms with Crippen LogP contribution in [-0.2, 0) is 9.53 Å². The average molecular weight is 264 g/mol. The van der Waals surface area contributed by atoms with Gasteiger partial charge in [0.05, 0.1) is 0 Å². The third-order valence-electron chi connectivity index (χ3n) is 1.80. The van der Waals surface area contributed by atoms with Crippen LogP contribution in [0.25, 0.3) is 0 Å². The smallest absolute Gasteiger partial charge is 0.407 e. The first-order valence-electron chi connectivity index (χ1n) is 7.59. The molecule has 0 spiro atoms. The van der Waals surface area contributed by atoms with Crippen molar-refractivity contribution in [2.75, 3.05) is 13.6 Å². The molecule has 0 aromatic carbocycles. The topological polar surface area (TPSA) is 87.7 Å². The molecule has 6 heteroatoms. The number of amides is 1. The van der Waals surface area contributed by atoms with E-state index in [1.165, 1.54) is 7.05 Å². The molecule has 6 nitrogen and oxygen atoms in total. The molecule has 0 aromatic heterocycles. The van der Waals surface area contributed by atoms with E-state index in [0.717, 1.165) is 0 Å². The molecule has 0 rings (SSSR count). The van der Waals surface area contributed by atoms with Crippen LogP contribution in [-0.4, -0.2) is 42.4 Å². The van der Waals surface area contributed by atoms with Gasteiger partial charge < -0.3 is 20.5 Å². The number of alkyl carbamates (subject to hydrolysis) is 1. The molecule has 0 aliphatic heterocycles. The summed E-state index contributed by atoms with van der Waals surface area (Å²) in [7, 11) is 1.35. The molecule has 106 valence electrons. The molecule has 0 saturated carbocycles. The third kappa shape index (κ3) is 8.81. The van der Waals surface area contributed by atoms with Gasteiger partial charge in [-0.05, 0) is 47.0 Å². The zero-order valence-electron chi connectivity index (χ0n) is 15.2. The average Bonchev–Trinajstić information content (AvgIpc) is 2.31. The maximum atomic E-state index is 11.5. The number of aliphatic carboxylic acids is 1. The van der Waals surface area contributed by atoms with Crippen LogP contribution in [0.2, 0.25) is 0 Å². The first kappa shape index (κ1) is 10.6. The van der Waals surface area contributed by atoms with Crippen molar-refractivity contribution in [3.05, 3.63) is 0 Å². The van der Waals surface area contributed by atoms with Crippen LogP contribution < -0.4 is 10.6 Å². The molecule has 0 heterocycles. The lowest BCUT2D eigenvalue weighted by atomic mass is 10.1. The van der Waals surface area contributed by atoms with Gasteiger partial charge in [-0.1, -0.05) is 0 Å². The fourth-order valence-electron chi connectivity index (χ4n) is 0.980. The molecule has 0 unspecified atom stereocenters. The molecule has 0 aliphatic rings. The Balaban J connectivity index is 4.76. The minimum atomic E-state index is -2.46. The van der Waals surface area contributed by atoms with Gasteiger partial charge in [-0.2, -0.15) is 0 Å². The Morgan fingerprint density at radius 1 is 1.39 bits per heavy atom. The van der Waals surface area contributed by atoms with E-state index in [0.29, 0.717) is 0 Å². The predicted molar refractivity (Wildman–Crippen MR) is 68.6 cm³/mol. The number of rotatable bonds is 7. The summed E-state index contributed by atoms with van der Waals surface area (Å²) >= 11 is 0. The Morgan fingerprint density at radius 2 is 2.00 bits per heavy atom. The summed E-state index contributed by atoms with van der Waals surface area (Å²) in [5.74, 6) is -1.28. The Morgan fingerprint density at radius 3 is 2.44 bits per heavy atom. The minimum Gasteiger partial charge on any atom is -0.480 e.